The molecule has 0 amide bonds. The van der Waals surface area contributed by atoms with Crippen molar-refractivity contribution < 1.29 is 0 Å². The van der Waals surface area contributed by atoms with Crippen LogP contribution in [0.5, 0.6) is 0 Å². The van der Waals surface area contributed by atoms with Crippen molar-refractivity contribution in [3.8, 4) is 0 Å². The molecular formula is C17H22N2. The summed E-state index contributed by atoms with van der Waals surface area (Å²) in [5.74, 6) is 1.95. The summed E-state index contributed by atoms with van der Waals surface area (Å²) in [6, 6.07) is 4.46. The van der Waals surface area contributed by atoms with E-state index < -0.39 is 0 Å². The minimum Gasteiger partial charge on any atom is -0.302 e. The highest BCUT2D eigenvalue weighted by atomic mass is 15.0. The van der Waals surface area contributed by atoms with E-state index in [1.807, 2.05) is 12.5 Å². The second-order valence-electron chi connectivity index (χ2n) is 6.97. The standard InChI is InChI=1S/C17H22N2/c1-12-6-7-15-10-18-11-19(15)16(12)17(2)8-13-4-3-5-14(13)9-17/h6-7,10-11,13-14H,3-5,8-9H2,1-2H3. The quantitative estimate of drug-likeness (QED) is 0.748. The topological polar surface area (TPSA) is 17.3 Å². The number of pyridine rings is 1. The van der Waals surface area contributed by atoms with Crippen molar-refractivity contribution in [1.82, 2.24) is 9.38 Å². The number of aryl methyl sites for hydroxylation is 1. The van der Waals surface area contributed by atoms with Crippen LogP contribution in [0.4, 0.5) is 0 Å². The fourth-order valence-corrected chi connectivity index (χ4v) is 4.95. The lowest BCUT2D eigenvalue weighted by molar-refractivity contribution is 0.422. The Bertz CT molecular complexity index is 613. The molecule has 0 bridgehead atoms. The third-order valence-electron chi connectivity index (χ3n) is 5.60. The molecule has 0 aliphatic heterocycles. The predicted octanol–water partition coefficient (Wildman–Crippen LogP) is 4.11. The summed E-state index contributed by atoms with van der Waals surface area (Å²) in [5.41, 5.74) is 4.52. The molecule has 2 atom stereocenters. The monoisotopic (exact) mass is 254 g/mol. The van der Waals surface area contributed by atoms with E-state index in [-0.39, 0.29) is 0 Å². The highest BCUT2D eigenvalue weighted by Crippen LogP contribution is 2.54. The molecule has 2 heteroatoms. The van der Waals surface area contributed by atoms with Crippen molar-refractivity contribution in [1.29, 1.82) is 0 Å². The largest absolute Gasteiger partial charge is 0.302 e. The van der Waals surface area contributed by atoms with Gasteiger partial charge in [0.05, 0.1) is 18.0 Å². The molecule has 2 aliphatic rings. The van der Waals surface area contributed by atoms with E-state index >= 15 is 0 Å². The predicted molar refractivity (Wildman–Crippen MR) is 77.3 cm³/mol. The number of nitrogens with zero attached hydrogens (tertiary/aromatic N) is 2. The molecule has 0 N–H and O–H groups in total. The van der Waals surface area contributed by atoms with Crippen LogP contribution in [-0.4, -0.2) is 9.38 Å². The molecule has 4 rings (SSSR count). The molecule has 100 valence electrons. The second-order valence-corrected chi connectivity index (χ2v) is 6.97. The van der Waals surface area contributed by atoms with Crippen LogP contribution in [0.25, 0.3) is 5.52 Å². The van der Waals surface area contributed by atoms with Gasteiger partial charge in [0.2, 0.25) is 0 Å². The van der Waals surface area contributed by atoms with Crippen molar-refractivity contribution in [2.24, 2.45) is 11.8 Å². The Morgan fingerprint density at radius 3 is 2.68 bits per heavy atom. The van der Waals surface area contributed by atoms with Gasteiger partial charge < -0.3 is 4.40 Å². The van der Waals surface area contributed by atoms with Crippen LogP contribution in [-0.2, 0) is 5.41 Å². The molecule has 2 fully saturated rings. The molecule has 2 heterocycles. The van der Waals surface area contributed by atoms with Gasteiger partial charge in [0.15, 0.2) is 0 Å². The van der Waals surface area contributed by atoms with Crippen LogP contribution >= 0.6 is 0 Å². The Kier molecular flexibility index (Phi) is 2.33. The first-order chi connectivity index (χ1) is 9.17. The first kappa shape index (κ1) is 11.5. The maximum Gasteiger partial charge on any atom is 0.0994 e. The van der Waals surface area contributed by atoms with Gasteiger partial charge in [-0.25, -0.2) is 4.98 Å². The number of imidazole rings is 1. The minimum absolute atomic E-state index is 0.347. The van der Waals surface area contributed by atoms with Crippen LogP contribution in [0.15, 0.2) is 24.7 Å². The Balaban J connectivity index is 1.86. The van der Waals surface area contributed by atoms with E-state index in [1.165, 1.54) is 48.9 Å². The molecule has 2 nitrogen and oxygen atoms in total. The van der Waals surface area contributed by atoms with Crippen molar-refractivity contribution in [3.63, 3.8) is 0 Å². The van der Waals surface area contributed by atoms with Crippen LogP contribution in [0, 0.1) is 18.8 Å². The van der Waals surface area contributed by atoms with Crippen molar-refractivity contribution in [2.45, 2.75) is 51.4 Å². The number of fused-ring (bicyclic) bond motifs is 2. The number of hydrogen-bond acceptors (Lipinski definition) is 1. The van der Waals surface area contributed by atoms with Crippen LogP contribution in [0.2, 0.25) is 0 Å². The average Bonchev–Trinajstić information content (AvgIpc) is 3.02. The number of rotatable bonds is 1. The summed E-state index contributed by atoms with van der Waals surface area (Å²) < 4.78 is 2.33. The summed E-state index contributed by atoms with van der Waals surface area (Å²) in [6.45, 7) is 4.74. The Morgan fingerprint density at radius 1 is 1.21 bits per heavy atom. The smallest absolute Gasteiger partial charge is 0.0994 e. The lowest BCUT2D eigenvalue weighted by Crippen LogP contribution is -2.23. The third-order valence-corrected chi connectivity index (χ3v) is 5.60. The fourth-order valence-electron chi connectivity index (χ4n) is 4.95. The van der Waals surface area contributed by atoms with Crippen molar-refractivity contribution in [2.75, 3.05) is 0 Å². The van der Waals surface area contributed by atoms with Gasteiger partial charge >= 0.3 is 0 Å². The summed E-state index contributed by atoms with van der Waals surface area (Å²) in [7, 11) is 0. The van der Waals surface area contributed by atoms with E-state index in [4.69, 9.17) is 0 Å². The summed E-state index contributed by atoms with van der Waals surface area (Å²) in [6.07, 6.45) is 11.1. The lowest BCUT2D eigenvalue weighted by atomic mass is 9.80. The highest BCUT2D eigenvalue weighted by molar-refractivity contribution is 5.49. The van der Waals surface area contributed by atoms with Gasteiger partial charge in [-0.05, 0) is 43.2 Å². The second kappa shape index (κ2) is 3.84. The van der Waals surface area contributed by atoms with Gasteiger partial charge in [-0.15, -0.1) is 0 Å². The van der Waals surface area contributed by atoms with Gasteiger partial charge in [0, 0.05) is 11.1 Å². The zero-order chi connectivity index (χ0) is 13.0. The summed E-state index contributed by atoms with van der Waals surface area (Å²) in [4.78, 5) is 4.34. The Labute approximate surface area is 114 Å². The molecule has 0 radical (unpaired) electrons. The minimum atomic E-state index is 0.347. The maximum absolute atomic E-state index is 4.34. The Morgan fingerprint density at radius 2 is 1.95 bits per heavy atom. The third kappa shape index (κ3) is 1.58. The van der Waals surface area contributed by atoms with E-state index in [2.05, 4.69) is 35.4 Å². The normalized spacial score (nSPS) is 34.0. The molecule has 2 aliphatic carbocycles. The van der Waals surface area contributed by atoms with E-state index in [0.717, 1.165) is 11.8 Å². The molecule has 2 aromatic rings. The molecule has 2 aromatic heterocycles. The van der Waals surface area contributed by atoms with Gasteiger partial charge in [-0.2, -0.15) is 0 Å². The molecule has 0 saturated heterocycles. The van der Waals surface area contributed by atoms with Gasteiger partial charge in [-0.1, -0.05) is 32.3 Å². The number of aromatic nitrogens is 2. The number of hydrogen-bond donors (Lipinski definition) is 0. The van der Waals surface area contributed by atoms with E-state index in [9.17, 15) is 0 Å². The maximum atomic E-state index is 4.34. The van der Waals surface area contributed by atoms with E-state index in [1.54, 1.807) is 0 Å². The van der Waals surface area contributed by atoms with Gasteiger partial charge in [-0.3, -0.25) is 0 Å². The zero-order valence-corrected chi connectivity index (χ0v) is 11.9. The van der Waals surface area contributed by atoms with Gasteiger partial charge in [0.25, 0.3) is 0 Å². The average molecular weight is 254 g/mol. The molecular weight excluding hydrogens is 232 g/mol. The molecule has 0 spiro atoms. The first-order valence-electron chi connectivity index (χ1n) is 7.59. The fraction of sp³-hybridized carbons (Fsp3) is 0.588. The molecule has 19 heavy (non-hydrogen) atoms. The first-order valence-corrected chi connectivity index (χ1v) is 7.59. The van der Waals surface area contributed by atoms with Crippen LogP contribution in [0.3, 0.4) is 0 Å². The summed E-state index contributed by atoms with van der Waals surface area (Å²) >= 11 is 0. The van der Waals surface area contributed by atoms with Crippen molar-refractivity contribution in [3.05, 3.63) is 35.9 Å². The molecule has 2 unspecified atom stereocenters. The highest BCUT2D eigenvalue weighted by Gasteiger charge is 2.46. The zero-order valence-electron chi connectivity index (χ0n) is 11.9. The SMILES string of the molecule is Cc1ccc2cncn2c1C1(C)CC2CCCC2C1. The molecule has 0 aromatic carbocycles. The van der Waals surface area contributed by atoms with Crippen LogP contribution < -0.4 is 0 Å². The van der Waals surface area contributed by atoms with Crippen molar-refractivity contribution >= 4 is 5.52 Å². The summed E-state index contributed by atoms with van der Waals surface area (Å²) in [5, 5.41) is 0. The lowest BCUT2D eigenvalue weighted by Gasteiger charge is -2.28. The van der Waals surface area contributed by atoms with Gasteiger partial charge in [0.1, 0.15) is 0 Å². The Hall–Kier alpha value is -1.31. The van der Waals surface area contributed by atoms with E-state index in [0.29, 0.717) is 5.41 Å². The molecule has 2 saturated carbocycles. The van der Waals surface area contributed by atoms with Crippen LogP contribution in [0.1, 0.15) is 50.3 Å².